The van der Waals surface area contributed by atoms with Gasteiger partial charge in [-0.15, -0.1) is 0 Å². The molecule has 0 N–H and O–H groups in total. The summed E-state index contributed by atoms with van der Waals surface area (Å²) in [6.45, 7) is 4.33. The van der Waals surface area contributed by atoms with Crippen molar-refractivity contribution >= 4 is 15.7 Å². The zero-order valence-electron chi connectivity index (χ0n) is 15.6. The molecule has 10 heteroatoms. The number of nitrogens with zero attached hydrogens (tertiary/aromatic N) is 4. The molecule has 2 aliphatic heterocycles. The van der Waals surface area contributed by atoms with E-state index in [-0.39, 0.29) is 19.0 Å². The first-order valence-electron chi connectivity index (χ1n) is 9.41. The molecule has 4 heterocycles. The minimum absolute atomic E-state index is 0.0578. The molecule has 2 aliphatic rings. The van der Waals surface area contributed by atoms with Gasteiger partial charge in [-0.1, -0.05) is 6.07 Å². The second kappa shape index (κ2) is 7.00. The minimum Gasteiger partial charge on any atom is -0.298 e. The average Bonchev–Trinajstić information content (AvgIpc) is 2.97. The molecule has 28 heavy (non-hydrogen) atoms. The summed E-state index contributed by atoms with van der Waals surface area (Å²) in [5.41, 5.74) is -0.866. The molecule has 0 spiro atoms. The number of sulfonamides is 1. The van der Waals surface area contributed by atoms with E-state index in [1.807, 2.05) is 19.1 Å². The lowest BCUT2D eigenvalue weighted by Gasteiger charge is -2.33. The van der Waals surface area contributed by atoms with Gasteiger partial charge in [0, 0.05) is 31.9 Å². The van der Waals surface area contributed by atoms with Crippen LogP contribution >= 0.6 is 0 Å². The third-order valence-corrected chi connectivity index (χ3v) is 7.47. The predicted molar refractivity (Wildman–Crippen MR) is 97.9 cm³/mol. The summed E-state index contributed by atoms with van der Waals surface area (Å²) < 4.78 is 63.9. The smallest absolute Gasteiger partial charge is 0.298 e. The molecule has 0 aromatic carbocycles. The zero-order valence-corrected chi connectivity index (χ0v) is 16.4. The lowest BCUT2D eigenvalue weighted by molar-refractivity contribution is -0.0497. The lowest BCUT2D eigenvalue weighted by Crippen LogP contribution is -2.45. The van der Waals surface area contributed by atoms with Gasteiger partial charge in [0.15, 0.2) is 0 Å². The topological polar surface area (TPSA) is 57.9 Å². The number of alkyl halides is 3. The summed E-state index contributed by atoms with van der Waals surface area (Å²) >= 11 is 0. The lowest BCUT2D eigenvalue weighted by atomic mass is 9.94. The Labute approximate surface area is 162 Å². The van der Waals surface area contributed by atoms with Gasteiger partial charge >= 0.3 is 15.5 Å². The first-order valence-corrected chi connectivity index (χ1v) is 10.9. The van der Waals surface area contributed by atoms with Gasteiger partial charge in [-0.3, -0.25) is 9.30 Å². The summed E-state index contributed by atoms with van der Waals surface area (Å²) in [4.78, 5) is 6.93. The molecule has 0 amide bonds. The van der Waals surface area contributed by atoms with Gasteiger partial charge in [-0.25, -0.2) is 13.4 Å². The van der Waals surface area contributed by atoms with E-state index in [0.717, 1.165) is 37.4 Å². The average molecular weight is 416 g/mol. The summed E-state index contributed by atoms with van der Waals surface area (Å²) in [6.07, 6.45) is 1.79. The van der Waals surface area contributed by atoms with Crippen molar-refractivity contribution in [3.05, 3.63) is 35.3 Å². The maximum atomic E-state index is 12.7. The van der Waals surface area contributed by atoms with E-state index >= 15 is 0 Å². The number of halogens is 3. The number of imidazole rings is 1. The summed E-state index contributed by atoms with van der Waals surface area (Å²) in [5, 5.41) is 0. The van der Waals surface area contributed by atoms with Crippen LogP contribution in [-0.2, 0) is 23.1 Å². The number of rotatable bonds is 4. The molecule has 1 saturated heterocycles. The molecule has 154 valence electrons. The van der Waals surface area contributed by atoms with Gasteiger partial charge in [-0.05, 0) is 50.8 Å². The van der Waals surface area contributed by atoms with Gasteiger partial charge in [0.1, 0.15) is 5.65 Å². The van der Waals surface area contributed by atoms with Crippen LogP contribution in [0.1, 0.15) is 36.3 Å². The number of hydrogen-bond donors (Lipinski definition) is 0. The third-order valence-electron chi connectivity index (χ3n) is 5.84. The molecule has 6 nitrogen and oxygen atoms in total. The summed E-state index contributed by atoms with van der Waals surface area (Å²) in [5.74, 6) is 0.239. The standard InChI is InChI=1S/C18H23F3N4O2S/c1-13-16-12-23(11-15-3-2-4-17(22-13)25(15)16)8-5-14-6-9-24(10-7-14)28(26,27)18(19,20)21/h2-4,14H,5-12H2,1H3. The fourth-order valence-electron chi connectivity index (χ4n) is 4.25. The highest BCUT2D eigenvalue weighted by molar-refractivity contribution is 7.90. The first-order chi connectivity index (χ1) is 13.2. The van der Waals surface area contributed by atoms with Crippen molar-refractivity contribution in [1.82, 2.24) is 18.6 Å². The Bertz CT molecular complexity index is 979. The summed E-state index contributed by atoms with van der Waals surface area (Å²) in [7, 11) is -5.20. The molecule has 4 rings (SSSR count). The minimum atomic E-state index is -5.21. The molecule has 1 fully saturated rings. The molecule has 0 atom stereocenters. The van der Waals surface area contributed by atoms with E-state index in [0.29, 0.717) is 17.1 Å². The van der Waals surface area contributed by atoms with Crippen LogP contribution in [0.3, 0.4) is 0 Å². The number of hydrogen-bond acceptors (Lipinski definition) is 4. The van der Waals surface area contributed by atoms with E-state index in [4.69, 9.17) is 0 Å². The molecule has 0 unspecified atom stereocenters. The monoisotopic (exact) mass is 416 g/mol. The molecule has 0 aliphatic carbocycles. The van der Waals surface area contributed by atoms with Crippen molar-refractivity contribution < 1.29 is 21.6 Å². The van der Waals surface area contributed by atoms with E-state index in [9.17, 15) is 21.6 Å². The fraction of sp³-hybridized carbons (Fsp3) is 0.611. The Morgan fingerprint density at radius 2 is 1.89 bits per heavy atom. The Hall–Kier alpha value is -1.65. The van der Waals surface area contributed by atoms with E-state index < -0.39 is 15.5 Å². The van der Waals surface area contributed by atoms with Crippen molar-refractivity contribution in [3.8, 4) is 0 Å². The molecular formula is C18H23F3N4O2S. The number of aromatic nitrogens is 2. The molecule has 0 saturated carbocycles. The third kappa shape index (κ3) is 3.42. The van der Waals surface area contributed by atoms with Crippen molar-refractivity contribution in [2.24, 2.45) is 5.92 Å². The van der Waals surface area contributed by atoms with E-state index in [1.165, 1.54) is 11.4 Å². The van der Waals surface area contributed by atoms with Gasteiger partial charge in [-0.2, -0.15) is 17.5 Å². The Morgan fingerprint density at radius 3 is 2.57 bits per heavy atom. The second-order valence-electron chi connectivity index (χ2n) is 7.65. The summed E-state index contributed by atoms with van der Waals surface area (Å²) in [6, 6.07) is 6.09. The number of piperidine rings is 1. The van der Waals surface area contributed by atoms with E-state index in [2.05, 4.69) is 20.4 Å². The van der Waals surface area contributed by atoms with Crippen LogP contribution in [0, 0.1) is 12.8 Å². The number of pyridine rings is 1. The molecule has 0 bridgehead atoms. The number of aryl methyl sites for hydroxylation is 1. The van der Waals surface area contributed by atoms with Gasteiger partial charge in [0.25, 0.3) is 0 Å². The predicted octanol–water partition coefficient (Wildman–Crippen LogP) is 2.91. The zero-order chi connectivity index (χ0) is 20.1. The van der Waals surface area contributed by atoms with Gasteiger partial charge < -0.3 is 0 Å². The van der Waals surface area contributed by atoms with Crippen molar-refractivity contribution in [1.29, 1.82) is 0 Å². The highest BCUT2D eigenvalue weighted by Gasteiger charge is 2.50. The molecule has 0 radical (unpaired) electrons. The molecule has 2 aromatic rings. The fourth-order valence-corrected chi connectivity index (χ4v) is 5.24. The second-order valence-corrected chi connectivity index (χ2v) is 9.58. The maximum absolute atomic E-state index is 12.7. The van der Waals surface area contributed by atoms with Crippen LogP contribution in [0.15, 0.2) is 18.2 Å². The van der Waals surface area contributed by atoms with Crippen molar-refractivity contribution in [2.45, 2.75) is 44.8 Å². The largest absolute Gasteiger partial charge is 0.511 e. The SMILES string of the molecule is Cc1nc2cccc3n2c1CN(CCC1CCN(S(=O)(=O)C(F)(F)F)CC1)C3. The van der Waals surface area contributed by atoms with E-state index in [1.54, 1.807) is 0 Å². The molecular weight excluding hydrogens is 393 g/mol. The highest BCUT2D eigenvalue weighted by Crippen LogP contribution is 2.31. The van der Waals surface area contributed by atoms with Crippen LogP contribution in [0.5, 0.6) is 0 Å². The van der Waals surface area contributed by atoms with Crippen molar-refractivity contribution in [3.63, 3.8) is 0 Å². The quantitative estimate of drug-likeness (QED) is 0.769. The van der Waals surface area contributed by atoms with Crippen LogP contribution in [-0.4, -0.2) is 52.2 Å². The Morgan fingerprint density at radius 1 is 1.18 bits per heavy atom. The Kier molecular flexibility index (Phi) is 4.91. The van der Waals surface area contributed by atoms with Gasteiger partial charge in [0.2, 0.25) is 0 Å². The highest BCUT2D eigenvalue weighted by atomic mass is 32.2. The van der Waals surface area contributed by atoms with Crippen LogP contribution in [0.4, 0.5) is 13.2 Å². The van der Waals surface area contributed by atoms with Crippen molar-refractivity contribution in [2.75, 3.05) is 19.6 Å². The normalized spacial score (nSPS) is 20.1. The van der Waals surface area contributed by atoms with Crippen LogP contribution in [0.2, 0.25) is 0 Å². The molecule has 2 aromatic heterocycles. The first kappa shape index (κ1) is 19.7. The van der Waals surface area contributed by atoms with Crippen LogP contribution in [0.25, 0.3) is 5.65 Å². The van der Waals surface area contributed by atoms with Gasteiger partial charge in [0.05, 0.1) is 11.4 Å². The van der Waals surface area contributed by atoms with Crippen LogP contribution < -0.4 is 0 Å². The maximum Gasteiger partial charge on any atom is 0.511 e. The Balaban J connectivity index is 1.34.